The van der Waals surface area contributed by atoms with Crippen LogP contribution in [-0.4, -0.2) is 38.9 Å². The van der Waals surface area contributed by atoms with Gasteiger partial charge in [0.25, 0.3) is 11.5 Å². The van der Waals surface area contributed by atoms with Crippen molar-refractivity contribution < 1.29 is 14.3 Å². The van der Waals surface area contributed by atoms with Crippen LogP contribution in [0, 0.1) is 6.92 Å². The number of aromatic nitrogens is 4. The number of ether oxygens (including phenoxy) is 2. The minimum absolute atomic E-state index is 0.240. The fourth-order valence-corrected chi connectivity index (χ4v) is 2.91. The van der Waals surface area contributed by atoms with E-state index in [2.05, 4.69) is 20.4 Å². The highest BCUT2D eigenvalue weighted by atomic mass is 16.5. The predicted molar refractivity (Wildman–Crippen MR) is 113 cm³/mol. The number of hydrogen-bond donors (Lipinski definition) is 2. The SMILES string of the molecule is CCOc1ccc(C(=O)Nc2cc(C)nn2-c2nc(CC)cc(=O)[nH]2)cc1OCC. The van der Waals surface area contributed by atoms with E-state index >= 15 is 0 Å². The molecule has 0 fully saturated rings. The first-order valence-electron chi connectivity index (χ1n) is 9.83. The molecule has 3 rings (SSSR count). The minimum atomic E-state index is -0.353. The van der Waals surface area contributed by atoms with Crippen LogP contribution < -0.4 is 20.3 Å². The van der Waals surface area contributed by atoms with Crippen molar-refractivity contribution in [2.24, 2.45) is 0 Å². The van der Waals surface area contributed by atoms with E-state index in [4.69, 9.17) is 9.47 Å². The number of nitrogens with one attached hydrogen (secondary N) is 2. The summed E-state index contributed by atoms with van der Waals surface area (Å²) in [7, 11) is 0. The molecule has 2 aromatic heterocycles. The first-order chi connectivity index (χ1) is 14.4. The second kappa shape index (κ2) is 9.25. The molecule has 3 aromatic rings. The standard InChI is InChI=1S/C21H25N5O4/c1-5-15-12-19(27)24-21(22-15)26-18(10-13(4)25-26)23-20(28)14-8-9-16(29-6-2)17(11-14)30-7-3/h8-12H,5-7H2,1-4H3,(H,23,28)(H,22,24,27). The van der Waals surface area contributed by atoms with Gasteiger partial charge in [-0.05, 0) is 45.4 Å². The zero-order valence-electron chi connectivity index (χ0n) is 17.5. The second-order valence-corrected chi connectivity index (χ2v) is 6.48. The van der Waals surface area contributed by atoms with Gasteiger partial charge in [0.15, 0.2) is 11.5 Å². The van der Waals surface area contributed by atoms with Gasteiger partial charge in [-0.25, -0.2) is 4.98 Å². The number of nitrogens with zero attached hydrogens (tertiary/aromatic N) is 3. The summed E-state index contributed by atoms with van der Waals surface area (Å²) in [5.74, 6) is 1.35. The fraction of sp³-hybridized carbons (Fsp3) is 0.333. The second-order valence-electron chi connectivity index (χ2n) is 6.48. The number of carbonyl (C=O) groups is 1. The van der Waals surface area contributed by atoms with Crippen LogP contribution in [0.1, 0.15) is 42.5 Å². The van der Waals surface area contributed by atoms with Crippen LogP contribution in [0.2, 0.25) is 0 Å². The lowest BCUT2D eigenvalue weighted by molar-refractivity contribution is 0.102. The summed E-state index contributed by atoms with van der Waals surface area (Å²) in [6.07, 6.45) is 0.602. The highest BCUT2D eigenvalue weighted by Gasteiger charge is 2.16. The molecule has 0 radical (unpaired) electrons. The third kappa shape index (κ3) is 4.68. The van der Waals surface area contributed by atoms with E-state index in [0.29, 0.717) is 53.9 Å². The molecule has 0 bridgehead atoms. The van der Waals surface area contributed by atoms with Crippen molar-refractivity contribution in [1.29, 1.82) is 0 Å². The van der Waals surface area contributed by atoms with Crippen molar-refractivity contribution in [3.63, 3.8) is 0 Å². The Bertz CT molecular complexity index is 1100. The number of benzene rings is 1. The minimum Gasteiger partial charge on any atom is -0.490 e. The van der Waals surface area contributed by atoms with Gasteiger partial charge in [0.05, 0.1) is 18.9 Å². The molecule has 30 heavy (non-hydrogen) atoms. The van der Waals surface area contributed by atoms with Crippen LogP contribution in [0.4, 0.5) is 5.82 Å². The Kier molecular flexibility index (Phi) is 6.51. The van der Waals surface area contributed by atoms with Crippen molar-refractivity contribution in [3.05, 3.63) is 57.6 Å². The summed E-state index contributed by atoms with van der Waals surface area (Å²) < 4.78 is 12.5. The van der Waals surface area contributed by atoms with Crippen molar-refractivity contribution >= 4 is 11.7 Å². The number of hydrogen-bond acceptors (Lipinski definition) is 6. The maximum absolute atomic E-state index is 12.9. The normalized spacial score (nSPS) is 10.7. The van der Waals surface area contributed by atoms with Gasteiger partial charge in [-0.1, -0.05) is 6.92 Å². The van der Waals surface area contributed by atoms with E-state index in [0.717, 1.165) is 0 Å². The first kappa shape index (κ1) is 21.1. The monoisotopic (exact) mass is 411 g/mol. The quantitative estimate of drug-likeness (QED) is 0.590. The highest BCUT2D eigenvalue weighted by molar-refractivity contribution is 6.04. The van der Waals surface area contributed by atoms with Gasteiger partial charge in [-0.2, -0.15) is 9.78 Å². The fourth-order valence-electron chi connectivity index (χ4n) is 2.91. The van der Waals surface area contributed by atoms with E-state index in [1.807, 2.05) is 20.8 Å². The third-order valence-electron chi connectivity index (χ3n) is 4.22. The molecule has 0 aliphatic heterocycles. The number of carbonyl (C=O) groups excluding carboxylic acids is 1. The molecule has 1 aromatic carbocycles. The molecule has 0 spiro atoms. The Hall–Kier alpha value is -3.62. The summed E-state index contributed by atoms with van der Waals surface area (Å²) in [5, 5.41) is 7.18. The van der Waals surface area contributed by atoms with Crippen LogP contribution in [0.15, 0.2) is 35.1 Å². The van der Waals surface area contributed by atoms with E-state index < -0.39 is 0 Å². The average molecular weight is 411 g/mol. The molecular weight excluding hydrogens is 386 g/mol. The van der Waals surface area contributed by atoms with Crippen molar-refractivity contribution in [2.45, 2.75) is 34.1 Å². The summed E-state index contributed by atoms with van der Waals surface area (Å²) >= 11 is 0. The maximum atomic E-state index is 12.9. The van der Waals surface area contributed by atoms with Crippen LogP contribution in [0.25, 0.3) is 5.95 Å². The molecule has 2 heterocycles. The molecule has 0 unspecified atom stereocenters. The van der Waals surface area contributed by atoms with Crippen LogP contribution in [0.3, 0.4) is 0 Å². The van der Waals surface area contributed by atoms with Gasteiger partial charge in [-0.15, -0.1) is 0 Å². The third-order valence-corrected chi connectivity index (χ3v) is 4.22. The zero-order chi connectivity index (χ0) is 21.7. The zero-order valence-corrected chi connectivity index (χ0v) is 17.5. The maximum Gasteiger partial charge on any atom is 0.256 e. The number of rotatable bonds is 8. The molecule has 0 saturated heterocycles. The van der Waals surface area contributed by atoms with E-state index in [1.54, 1.807) is 31.2 Å². The van der Waals surface area contributed by atoms with Crippen molar-refractivity contribution in [3.8, 4) is 17.4 Å². The molecule has 9 heteroatoms. The molecule has 2 N–H and O–H groups in total. The number of anilines is 1. The average Bonchev–Trinajstić information content (AvgIpc) is 3.09. The molecule has 9 nitrogen and oxygen atoms in total. The van der Waals surface area contributed by atoms with Crippen LogP contribution >= 0.6 is 0 Å². The lowest BCUT2D eigenvalue weighted by Crippen LogP contribution is -2.19. The Morgan fingerprint density at radius 2 is 1.83 bits per heavy atom. The Balaban J connectivity index is 1.92. The highest BCUT2D eigenvalue weighted by Crippen LogP contribution is 2.29. The van der Waals surface area contributed by atoms with Crippen LogP contribution in [-0.2, 0) is 6.42 Å². The van der Waals surface area contributed by atoms with Crippen molar-refractivity contribution in [1.82, 2.24) is 19.7 Å². The molecule has 0 atom stereocenters. The summed E-state index contributed by atoms with van der Waals surface area (Å²) in [6, 6.07) is 8.14. The summed E-state index contributed by atoms with van der Waals surface area (Å²) in [5.41, 5.74) is 1.41. The molecule has 1 amide bonds. The lowest BCUT2D eigenvalue weighted by atomic mass is 10.2. The van der Waals surface area contributed by atoms with Gasteiger partial charge in [-0.3, -0.25) is 14.6 Å². The molecule has 158 valence electrons. The largest absolute Gasteiger partial charge is 0.490 e. The van der Waals surface area contributed by atoms with E-state index in [1.165, 1.54) is 10.7 Å². The Morgan fingerprint density at radius 3 is 2.53 bits per heavy atom. The first-order valence-corrected chi connectivity index (χ1v) is 9.83. The van der Waals surface area contributed by atoms with Gasteiger partial charge in [0.2, 0.25) is 5.95 Å². The van der Waals surface area contributed by atoms with Crippen molar-refractivity contribution in [2.75, 3.05) is 18.5 Å². The number of aryl methyl sites for hydroxylation is 2. The smallest absolute Gasteiger partial charge is 0.256 e. The molecule has 0 aliphatic carbocycles. The predicted octanol–water partition coefficient (Wildman–Crippen LogP) is 2.88. The Morgan fingerprint density at radius 1 is 1.10 bits per heavy atom. The van der Waals surface area contributed by atoms with E-state index in [-0.39, 0.29) is 17.4 Å². The summed E-state index contributed by atoms with van der Waals surface area (Å²) in [4.78, 5) is 31.9. The molecule has 0 aliphatic rings. The number of amides is 1. The molecular formula is C21H25N5O4. The molecule has 0 saturated carbocycles. The Labute approximate surface area is 174 Å². The number of aromatic amines is 1. The lowest BCUT2D eigenvalue weighted by Gasteiger charge is -2.13. The van der Waals surface area contributed by atoms with Gasteiger partial charge in [0.1, 0.15) is 5.82 Å². The van der Waals surface area contributed by atoms with Crippen LogP contribution in [0.5, 0.6) is 11.5 Å². The van der Waals surface area contributed by atoms with E-state index in [9.17, 15) is 9.59 Å². The van der Waals surface area contributed by atoms with Gasteiger partial charge in [0, 0.05) is 23.4 Å². The summed E-state index contributed by atoms with van der Waals surface area (Å²) in [6.45, 7) is 8.38. The van der Waals surface area contributed by atoms with Gasteiger partial charge >= 0.3 is 0 Å². The van der Waals surface area contributed by atoms with Gasteiger partial charge < -0.3 is 14.8 Å². The topological polar surface area (TPSA) is 111 Å². The number of H-pyrrole nitrogens is 1.